The van der Waals surface area contributed by atoms with Gasteiger partial charge in [0.25, 0.3) is 5.91 Å². The Hall–Kier alpha value is -4.10. The highest BCUT2D eigenvalue weighted by Crippen LogP contribution is 2.25. The molecule has 0 aliphatic carbocycles. The molecule has 2 saturated heterocycles. The number of nitrogens with zero attached hydrogens (tertiary/aromatic N) is 6. The zero-order valence-corrected chi connectivity index (χ0v) is 23.7. The lowest BCUT2D eigenvalue weighted by atomic mass is 10.2. The van der Waals surface area contributed by atoms with Crippen LogP contribution in [-0.4, -0.2) is 124 Å². The number of H-pyrrole nitrogens is 1. The molecule has 1 amide bonds. The highest BCUT2D eigenvalue weighted by Gasteiger charge is 2.22. The van der Waals surface area contributed by atoms with E-state index < -0.39 is 6.10 Å². The third-order valence-electron chi connectivity index (χ3n) is 7.56. The summed E-state index contributed by atoms with van der Waals surface area (Å²) in [5.41, 5.74) is 3.55. The van der Waals surface area contributed by atoms with Crippen molar-refractivity contribution in [3.8, 4) is 17.1 Å². The van der Waals surface area contributed by atoms with Gasteiger partial charge in [-0.3, -0.25) is 14.7 Å². The molecule has 1 atom stereocenters. The largest absolute Gasteiger partial charge is 0.491 e. The van der Waals surface area contributed by atoms with Crippen molar-refractivity contribution in [2.45, 2.75) is 6.10 Å². The molecular formula is C30H36N8O4. The SMILES string of the molecule is CN1CCN(C(=O)c2cc3cc(Nc4nccc(-c5cc(OCC(O)CN6CCOCC6)ccn5)n4)ccc3[nH]2)CC1. The van der Waals surface area contributed by atoms with E-state index in [4.69, 9.17) is 9.47 Å². The first kappa shape index (κ1) is 28.0. The lowest BCUT2D eigenvalue weighted by molar-refractivity contribution is 0.00465. The molecule has 0 bridgehead atoms. The van der Waals surface area contributed by atoms with E-state index in [9.17, 15) is 9.90 Å². The van der Waals surface area contributed by atoms with Crippen LogP contribution in [-0.2, 0) is 4.74 Å². The molecule has 0 spiro atoms. The molecule has 6 rings (SSSR count). The first-order valence-electron chi connectivity index (χ1n) is 14.3. The topological polar surface area (TPSA) is 132 Å². The first-order chi connectivity index (χ1) is 20.5. The summed E-state index contributed by atoms with van der Waals surface area (Å²) in [7, 11) is 2.07. The fourth-order valence-corrected chi connectivity index (χ4v) is 5.16. The number of ether oxygens (including phenoxy) is 2. The van der Waals surface area contributed by atoms with Crippen molar-refractivity contribution in [3.05, 3.63) is 60.6 Å². The summed E-state index contributed by atoms with van der Waals surface area (Å²) in [6.45, 7) is 6.96. The molecule has 4 aromatic rings. The molecule has 3 aromatic heterocycles. The number of carbonyl (C=O) groups excluding carboxylic acids is 1. The van der Waals surface area contributed by atoms with Crippen LogP contribution in [0, 0.1) is 0 Å². The van der Waals surface area contributed by atoms with Crippen molar-refractivity contribution in [2.75, 3.05) is 78.0 Å². The minimum Gasteiger partial charge on any atom is -0.491 e. The van der Waals surface area contributed by atoms with Crippen LogP contribution in [0.5, 0.6) is 5.75 Å². The number of aromatic nitrogens is 4. The van der Waals surface area contributed by atoms with Crippen molar-refractivity contribution in [3.63, 3.8) is 0 Å². The van der Waals surface area contributed by atoms with E-state index in [-0.39, 0.29) is 12.5 Å². The van der Waals surface area contributed by atoms with Gasteiger partial charge in [-0.1, -0.05) is 0 Å². The van der Waals surface area contributed by atoms with E-state index in [1.165, 1.54) is 0 Å². The molecule has 5 heterocycles. The van der Waals surface area contributed by atoms with Gasteiger partial charge in [0.2, 0.25) is 5.95 Å². The number of aliphatic hydroxyl groups excluding tert-OH is 1. The second kappa shape index (κ2) is 12.8. The standard InChI is InChI=1S/C30H36N8O4/c1-36-8-10-38(11-9-36)29(40)28-17-21-16-22(2-3-25(21)34-28)33-30-32-7-5-26(35-30)27-18-24(4-6-31-27)42-20-23(39)19-37-12-14-41-15-13-37/h2-7,16-18,23,34,39H,8-15,19-20H2,1H3,(H,32,33,35). The Kier molecular flexibility index (Phi) is 8.56. The fraction of sp³-hybridized carbons (Fsp3) is 0.400. The summed E-state index contributed by atoms with van der Waals surface area (Å²) in [5.74, 6) is 1.05. The molecule has 12 heteroatoms. The number of pyridine rings is 1. The molecule has 220 valence electrons. The third kappa shape index (κ3) is 6.85. The molecule has 2 aliphatic rings. The monoisotopic (exact) mass is 572 g/mol. The molecule has 3 N–H and O–H groups in total. The van der Waals surface area contributed by atoms with Gasteiger partial charge in [-0.15, -0.1) is 0 Å². The molecule has 0 radical (unpaired) electrons. The van der Waals surface area contributed by atoms with Crippen LogP contribution in [0.15, 0.2) is 54.9 Å². The van der Waals surface area contributed by atoms with Gasteiger partial charge in [-0.05, 0) is 43.4 Å². The fourth-order valence-electron chi connectivity index (χ4n) is 5.16. The number of morpholine rings is 1. The number of benzene rings is 1. The maximum Gasteiger partial charge on any atom is 0.270 e. The van der Waals surface area contributed by atoms with Gasteiger partial charge < -0.3 is 34.7 Å². The van der Waals surface area contributed by atoms with Gasteiger partial charge in [0, 0.05) is 80.9 Å². The molecule has 2 fully saturated rings. The van der Waals surface area contributed by atoms with Crippen LogP contribution >= 0.6 is 0 Å². The number of nitrogens with one attached hydrogen (secondary N) is 2. The zero-order valence-electron chi connectivity index (χ0n) is 23.7. The van der Waals surface area contributed by atoms with Crippen LogP contribution < -0.4 is 10.1 Å². The molecule has 2 aliphatic heterocycles. The number of fused-ring (bicyclic) bond motifs is 1. The van der Waals surface area contributed by atoms with Crippen molar-refractivity contribution in [1.29, 1.82) is 0 Å². The Balaban J connectivity index is 1.09. The molecular weight excluding hydrogens is 536 g/mol. The van der Waals surface area contributed by atoms with Gasteiger partial charge in [0.15, 0.2) is 0 Å². The normalized spacial score (nSPS) is 17.3. The lowest BCUT2D eigenvalue weighted by Crippen LogP contribution is -2.47. The number of amides is 1. The highest BCUT2D eigenvalue weighted by molar-refractivity contribution is 5.98. The number of hydrogen-bond acceptors (Lipinski definition) is 10. The molecule has 1 unspecified atom stereocenters. The molecule has 42 heavy (non-hydrogen) atoms. The van der Waals surface area contributed by atoms with Gasteiger partial charge in [-0.2, -0.15) is 0 Å². The number of likely N-dealkylation sites (N-methyl/N-ethyl adjacent to an activating group) is 1. The summed E-state index contributed by atoms with van der Waals surface area (Å²) >= 11 is 0. The molecule has 1 aromatic carbocycles. The van der Waals surface area contributed by atoms with Crippen LogP contribution in [0.1, 0.15) is 10.5 Å². The second-order valence-electron chi connectivity index (χ2n) is 10.7. The van der Waals surface area contributed by atoms with Gasteiger partial charge in [0.05, 0.1) is 24.6 Å². The minimum absolute atomic E-state index is 0.0233. The van der Waals surface area contributed by atoms with Crippen molar-refractivity contribution >= 4 is 28.4 Å². The number of aromatic amines is 1. The quantitative estimate of drug-likeness (QED) is 0.274. The van der Waals surface area contributed by atoms with E-state index in [2.05, 4.69) is 42.1 Å². The van der Waals surface area contributed by atoms with E-state index >= 15 is 0 Å². The van der Waals surface area contributed by atoms with E-state index in [0.29, 0.717) is 48.5 Å². The second-order valence-corrected chi connectivity index (χ2v) is 10.7. The van der Waals surface area contributed by atoms with Crippen molar-refractivity contribution in [2.24, 2.45) is 0 Å². The third-order valence-corrected chi connectivity index (χ3v) is 7.56. The van der Waals surface area contributed by atoms with Crippen LogP contribution in [0.2, 0.25) is 0 Å². The maximum atomic E-state index is 13.0. The maximum absolute atomic E-state index is 13.0. The summed E-state index contributed by atoms with van der Waals surface area (Å²) in [6.07, 6.45) is 2.73. The zero-order chi connectivity index (χ0) is 28.9. The number of hydrogen-bond donors (Lipinski definition) is 3. The average Bonchev–Trinajstić information content (AvgIpc) is 3.44. The van der Waals surface area contributed by atoms with E-state index in [1.807, 2.05) is 29.2 Å². The number of anilines is 2. The van der Waals surface area contributed by atoms with Crippen LogP contribution in [0.25, 0.3) is 22.3 Å². The Morgan fingerprint density at radius 1 is 1.02 bits per heavy atom. The Morgan fingerprint density at radius 3 is 2.67 bits per heavy atom. The van der Waals surface area contributed by atoms with Crippen LogP contribution in [0.4, 0.5) is 11.6 Å². The van der Waals surface area contributed by atoms with E-state index in [1.54, 1.807) is 30.6 Å². The number of aliphatic hydroxyl groups is 1. The Morgan fingerprint density at radius 2 is 1.83 bits per heavy atom. The van der Waals surface area contributed by atoms with Crippen LogP contribution in [0.3, 0.4) is 0 Å². The van der Waals surface area contributed by atoms with E-state index in [0.717, 1.165) is 55.9 Å². The summed E-state index contributed by atoms with van der Waals surface area (Å²) < 4.78 is 11.2. The molecule has 12 nitrogen and oxygen atoms in total. The summed E-state index contributed by atoms with van der Waals surface area (Å²) in [4.78, 5) is 36.1. The van der Waals surface area contributed by atoms with Gasteiger partial charge in [0.1, 0.15) is 24.2 Å². The van der Waals surface area contributed by atoms with Gasteiger partial charge >= 0.3 is 0 Å². The predicted molar refractivity (Wildman–Crippen MR) is 159 cm³/mol. The summed E-state index contributed by atoms with van der Waals surface area (Å²) in [6, 6.07) is 13.1. The summed E-state index contributed by atoms with van der Waals surface area (Å²) in [5, 5.41) is 14.6. The average molecular weight is 573 g/mol. The number of piperazine rings is 1. The Labute approximate surface area is 244 Å². The lowest BCUT2D eigenvalue weighted by Gasteiger charge is -2.32. The van der Waals surface area contributed by atoms with Crippen molar-refractivity contribution in [1.82, 2.24) is 34.6 Å². The Bertz CT molecular complexity index is 1510. The number of carbonyl (C=O) groups is 1. The number of rotatable bonds is 9. The highest BCUT2D eigenvalue weighted by atomic mass is 16.5. The first-order valence-corrected chi connectivity index (χ1v) is 14.3. The van der Waals surface area contributed by atoms with Crippen molar-refractivity contribution < 1.29 is 19.4 Å². The molecule has 0 saturated carbocycles. The minimum atomic E-state index is -0.604. The number of β-amino-alcohol motifs (C(OH)–C–C–N with tert-alkyl or cyclic N) is 1. The smallest absolute Gasteiger partial charge is 0.270 e. The predicted octanol–water partition coefficient (Wildman–Crippen LogP) is 2.22. The van der Waals surface area contributed by atoms with Gasteiger partial charge in [-0.25, -0.2) is 9.97 Å².